The van der Waals surface area contributed by atoms with Gasteiger partial charge in [-0.2, -0.15) is 5.10 Å². The minimum absolute atomic E-state index is 0.204. The number of H-pyrrole nitrogens is 1. The van der Waals surface area contributed by atoms with Gasteiger partial charge in [0.15, 0.2) is 5.65 Å². The molecule has 0 saturated carbocycles. The summed E-state index contributed by atoms with van der Waals surface area (Å²) in [5.74, 6) is 0.510. The van der Waals surface area contributed by atoms with Crippen LogP contribution in [0.1, 0.15) is 5.56 Å². The van der Waals surface area contributed by atoms with Crippen LogP contribution in [0.25, 0.3) is 22.4 Å². The van der Waals surface area contributed by atoms with E-state index in [-0.39, 0.29) is 5.56 Å². The maximum Gasteiger partial charge on any atom is 0.262 e. The van der Waals surface area contributed by atoms with Crippen LogP contribution in [0.2, 0.25) is 5.02 Å². The minimum atomic E-state index is -0.204. The van der Waals surface area contributed by atoms with Crippen molar-refractivity contribution in [1.29, 1.82) is 0 Å². The first kappa shape index (κ1) is 14.7. The Balaban J connectivity index is 1.77. The summed E-state index contributed by atoms with van der Waals surface area (Å²) in [4.78, 5) is 19.6. The molecule has 0 bridgehead atoms. The van der Waals surface area contributed by atoms with E-state index < -0.39 is 0 Å². The number of hydrogen-bond acceptors (Lipinski definition) is 3. The predicted molar refractivity (Wildman–Crippen MR) is 94.1 cm³/mol. The largest absolute Gasteiger partial charge is 0.306 e. The van der Waals surface area contributed by atoms with Gasteiger partial charge in [-0.15, -0.1) is 0 Å². The number of hydrogen-bond donors (Lipinski definition) is 1. The summed E-state index contributed by atoms with van der Waals surface area (Å²) in [6.07, 6.45) is 1.69. The van der Waals surface area contributed by atoms with Gasteiger partial charge in [-0.1, -0.05) is 60.1 Å². The van der Waals surface area contributed by atoms with Crippen molar-refractivity contribution in [3.8, 4) is 11.4 Å². The van der Waals surface area contributed by atoms with Gasteiger partial charge in [0.2, 0.25) is 0 Å². The van der Waals surface area contributed by atoms with Crippen molar-refractivity contribution in [3.05, 3.63) is 81.7 Å². The summed E-state index contributed by atoms with van der Waals surface area (Å²) in [5.41, 5.74) is 2.00. The minimum Gasteiger partial charge on any atom is -0.306 e. The van der Waals surface area contributed by atoms with E-state index in [2.05, 4.69) is 15.1 Å². The van der Waals surface area contributed by atoms with Crippen LogP contribution in [0.5, 0.6) is 0 Å². The number of aromatic amines is 1. The number of nitrogens with zero attached hydrogens (tertiary/aromatic N) is 3. The molecule has 5 nitrogen and oxygen atoms in total. The van der Waals surface area contributed by atoms with Crippen molar-refractivity contribution >= 4 is 22.6 Å². The summed E-state index contributed by atoms with van der Waals surface area (Å²) in [6, 6.07) is 17.1. The highest BCUT2D eigenvalue weighted by molar-refractivity contribution is 6.31. The molecule has 0 amide bonds. The van der Waals surface area contributed by atoms with Crippen LogP contribution in [-0.4, -0.2) is 19.7 Å². The third-order valence-corrected chi connectivity index (χ3v) is 4.14. The molecule has 2 heterocycles. The molecule has 0 fully saturated rings. The molecule has 118 valence electrons. The number of nitrogens with one attached hydrogen (secondary N) is 1. The van der Waals surface area contributed by atoms with Gasteiger partial charge in [0.25, 0.3) is 5.56 Å². The molecule has 4 aromatic rings. The first-order chi connectivity index (χ1) is 11.7. The fraction of sp³-hybridized carbons (Fsp3) is 0.0556. The molecule has 0 atom stereocenters. The Hall–Kier alpha value is -2.92. The fourth-order valence-electron chi connectivity index (χ4n) is 2.58. The van der Waals surface area contributed by atoms with Crippen LogP contribution in [-0.2, 0) is 6.54 Å². The zero-order chi connectivity index (χ0) is 16.5. The van der Waals surface area contributed by atoms with Gasteiger partial charge < -0.3 is 4.98 Å². The zero-order valence-electron chi connectivity index (χ0n) is 12.6. The highest BCUT2D eigenvalue weighted by atomic mass is 35.5. The zero-order valence-corrected chi connectivity index (χ0v) is 13.4. The Labute approximate surface area is 142 Å². The molecule has 0 unspecified atom stereocenters. The summed E-state index contributed by atoms with van der Waals surface area (Å²) >= 11 is 6.18. The van der Waals surface area contributed by atoms with E-state index in [1.165, 1.54) is 0 Å². The average molecular weight is 337 g/mol. The summed E-state index contributed by atoms with van der Waals surface area (Å²) in [6.45, 7) is 0.482. The van der Waals surface area contributed by atoms with Gasteiger partial charge in [0.1, 0.15) is 11.2 Å². The second kappa shape index (κ2) is 5.94. The van der Waals surface area contributed by atoms with E-state index in [9.17, 15) is 4.79 Å². The lowest BCUT2D eigenvalue weighted by Gasteiger charge is -2.03. The summed E-state index contributed by atoms with van der Waals surface area (Å²) in [5, 5.41) is 5.55. The van der Waals surface area contributed by atoms with E-state index in [0.29, 0.717) is 28.4 Å². The van der Waals surface area contributed by atoms with Gasteiger partial charge >= 0.3 is 0 Å². The van der Waals surface area contributed by atoms with Crippen LogP contribution < -0.4 is 5.56 Å². The molecule has 24 heavy (non-hydrogen) atoms. The molecule has 4 rings (SSSR count). The van der Waals surface area contributed by atoms with Gasteiger partial charge in [-0.05, 0) is 11.6 Å². The van der Waals surface area contributed by atoms with E-state index in [1.807, 2.05) is 54.6 Å². The second-order valence-electron chi connectivity index (χ2n) is 5.44. The first-order valence-corrected chi connectivity index (χ1v) is 7.85. The summed E-state index contributed by atoms with van der Waals surface area (Å²) < 4.78 is 1.68. The lowest BCUT2D eigenvalue weighted by molar-refractivity contribution is 0.693. The topological polar surface area (TPSA) is 63.6 Å². The van der Waals surface area contributed by atoms with E-state index >= 15 is 0 Å². The molecule has 2 aromatic carbocycles. The third-order valence-electron chi connectivity index (χ3n) is 3.77. The maximum atomic E-state index is 12.3. The molecule has 0 spiro atoms. The SMILES string of the molecule is O=c1[nH]c(-c2ccccc2)nc2nn(Cc3ccccc3Cl)cc12. The van der Waals surface area contributed by atoms with E-state index in [4.69, 9.17) is 11.6 Å². The van der Waals surface area contributed by atoms with Crippen molar-refractivity contribution < 1.29 is 0 Å². The Bertz CT molecular complexity index is 1070. The smallest absolute Gasteiger partial charge is 0.262 e. The third kappa shape index (κ3) is 2.70. The van der Waals surface area contributed by atoms with Crippen molar-refractivity contribution in [3.63, 3.8) is 0 Å². The van der Waals surface area contributed by atoms with Crippen LogP contribution in [0.3, 0.4) is 0 Å². The van der Waals surface area contributed by atoms with E-state index in [0.717, 1.165) is 11.1 Å². The quantitative estimate of drug-likeness (QED) is 0.623. The normalized spacial score (nSPS) is 11.0. The van der Waals surface area contributed by atoms with Gasteiger partial charge in [0, 0.05) is 16.8 Å². The molecular weight excluding hydrogens is 324 g/mol. The highest BCUT2D eigenvalue weighted by Gasteiger charge is 2.10. The maximum absolute atomic E-state index is 12.3. The lowest BCUT2D eigenvalue weighted by atomic mass is 10.2. The fourth-order valence-corrected chi connectivity index (χ4v) is 2.77. The molecule has 2 aromatic heterocycles. The van der Waals surface area contributed by atoms with Gasteiger partial charge in [-0.3, -0.25) is 9.48 Å². The van der Waals surface area contributed by atoms with Gasteiger partial charge in [0.05, 0.1) is 6.54 Å². The standard InChI is InChI=1S/C18H13ClN4O/c19-15-9-5-4-8-13(15)10-23-11-14-17(22-23)20-16(21-18(14)24)12-6-2-1-3-7-12/h1-9,11H,10H2,(H,20,21,22,24). The highest BCUT2D eigenvalue weighted by Crippen LogP contribution is 2.18. The van der Waals surface area contributed by atoms with Crippen molar-refractivity contribution in [2.24, 2.45) is 0 Å². The number of benzene rings is 2. The molecule has 0 saturated heterocycles. The predicted octanol–water partition coefficient (Wildman–Crippen LogP) is 3.49. The number of aromatic nitrogens is 4. The second-order valence-corrected chi connectivity index (χ2v) is 5.84. The molecule has 0 aliphatic rings. The molecular formula is C18H13ClN4O. The van der Waals surface area contributed by atoms with Gasteiger partial charge in [-0.25, -0.2) is 4.98 Å². The monoisotopic (exact) mass is 336 g/mol. The van der Waals surface area contributed by atoms with Crippen molar-refractivity contribution in [2.45, 2.75) is 6.54 Å². The number of rotatable bonds is 3. The van der Waals surface area contributed by atoms with Crippen LogP contribution in [0.15, 0.2) is 65.6 Å². The van der Waals surface area contributed by atoms with Crippen molar-refractivity contribution in [1.82, 2.24) is 19.7 Å². The molecule has 6 heteroatoms. The lowest BCUT2D eigenvalue weighted by Crippen LogP contribution is -2.08. The average Bonchev–Trinajstić information content (AvgIpc) is 3.01. The Morgan fingerprint density at radius 1 is 1.04 bits per heavy atom. The Morgan fingerprint density at radius 2 is 1.79 bits per heavy atom. The number of fused-ring (bicyclic) bond motifs is 1. The van der Waals surface area contributed by atoms with E-state index in [1.54, 1.807) is 10.9 Å². The Kier molecular flexibility index (Phi) is 3.63. The Morgan fingerprint density at radius 3 is 2.58 bits per heavy atom. The van der Waals surface area contributed by atoms with Crippen LogP contribution in [0, 0.1) is 0 Å². The molecule has 0 aliphatic heterocycles. The van der Waals surface area contributed by atoms with Crippen LogP contribution >= 0.6 is 11.6 Å². The summed E-state index contributed by atoms with van der Waals surface area (Å²) in [7, 11) is 0. The van der Waals surface area contributed by atoms with Crippen molar-refractivity contribution in [2.75, 3.05) is 0 Å². The number of halogens is 1. The first-order valence-electron chi connectivity index (χ1n) is 7.47. The molecule has 0 aliphatic carbocycles. The molecule has 1 N–H and O–H groups in total. The molecule has 0 radical (unpaired) electrons. The van der Waals surface area contributed by atoms with Crippen LogP contribution in [0.4, 0.5) is 0 Å².